The van der Waals surface area contributed by atoms with Gasteiger partial charge in [-0.3, -0.25) is 14.5 Å². The fourth-order valence-corrected chi connectivity index (χ4v) is 6.36. The van der Waals surface area contributed by atoms with E-state index in [-0.39, 0.29) is 35.7 Å². The SMILES string of the molecule is CC(=O)Nc1cc(F)c(S(=O)(=O)N2CCN(C[C@H](C)Nc3ncnc4c(C(=O)N(C)C)cccc34)CC2)cc1Cl. The number of fused-ring (bicyclic) bond motifs is 1. The molecule has 1 aliphatic heterocycles. The van der Waals surface area contributed by atoms with Crippen LogP contribution in [0.2, 0.25) is 5.02 Å². The predicted octanol–water partition coefficient (Wildman–Crippen LogP) is 2.89. The molecule has 0 aliphatic carbocycles. The Balaban J connectivity index is 1.41. The molecule has 0 spiro atoms. The monoisotopic (exact) mass is 591 g/mol. The van der Waals surface area contributed by atoms with Crippen LogP contribution in [-0.4, -0.2) is 97.2 Å². The number of aromatic nitrogens is 2. The molecule has 2 N–H and O–H groups in total. The molecule has 2 amide bonds. The first kappa shape index (κ1) is 29.6. The lowest BCUT2D eigenvalue weighted by Crippen LogP contribution is -2.50. The maximum atomic E-state index is 14.7. The fourth-order valence-electron chi connectivity index (χ4n) is 4.59. The normalized spacial score (nSPS) is 15.6. The van der Waals surface area contributed by atoms with Crippen molar-refractivity contribution >= 4 is 55.8 Å². The van der Waals surface area contributed by atoms with E-state index in [1.54, 1.807) is 26.2 Å². The summed E-state index contributed by atoms with van der Waals surface area (Å²) < 4.78 is 42.3. The number of benzene rings is 2. The Morgan fingerprint density at radius 1 is 1.15 bits per heavy atom. The van der Waals surface area contributed by atoms with E-state index < -0.39 is 26.6 Å². The second-order valence-electron chi connectivity index (χ2n) is 9.82. The van der Waals surface area contributed by atoms with Crippen LogP contribution in [0.4, 0.5) is 15.9 Å². The maximum absolute atomic E-state index is 14.7. The van der Waals surface area contributed by atoms with Crippen LogP contribution >= 0.6 is 11.6 Å². The van der Waals surface area contributed by atoms with Gasteiger partial charge in [-0.2, -0.15) is 4.31 Å². The molecular weight excluding hydrogens is 561 g/mol. The third-order valence-electron chi connectivity index (χ3n) is 6.50. The van der Waals surface area contributed by atoms with Crippen LogP contribution in [0, 0.1) is 5.82 Å². The van der Waals surface area contributed by atoms with Crippen molar-refractivity contribution in [2.75, 3.05) is 57.5 Å². The molecule has 14 heteroatoms. The predicted molar refractivity (Wildman–Crippen MR) is 152 cm³/mol. The molecule has 1 atom stereocenters. The average molecular weight is 592 g/mol. The van der Waals surface area contributed by atoms with Gasteiger partial charge in [0.25, 0.3) is 5.91 Å². The van der Waals surface area contributed by atoms with Crippen molar-refractivity contribution in [2.45, 2.75) is 24.8 Å². The third-order valence-corrected chi connectivity index (χ3v) is 8.72. The molecular formula is C26H31ClFN7O4S. The van der Waals surface area contributed by atoms with Crippen LogP contribution < -0.4 is 10.6 Å². The first-order valence-corrected chi connectivity index (χ1v) is 14.4. The highest BCUT2D eigenvalue weighted by atomic mass is 35.5. The smallest absolute Gasteiger partial charge is 0.255 e. The van der Waals surface area contributed by atoms with Crippen LogP contribution in [0.5, 0.6) is 0 Å². The van der Waals surface area contributed by atoms with Crippen LogP contribution in [0.3, 0.4) is 0 Å². The number of halogens is 2. The molecule has 0 bridgehead atoms. The summed E-state index contributed by atoms with van der Waals surface area (Å²) in [5.74, 6) is -0.987. The highest BCUT2D eigenvalue weighted by Gasteiger charge is 2.32. The lowest BCUT2D eigenvalue weighted by atomic mass is 10.1. The fraction of sp³-hybridized carbons (Fsp3) is 0.385. The van der Waals surface area contributed by atoms with Crippen molar-refractivity contribution in [1.29, 1.82) is 0 Å². The van der Waals surface area contributed by atoms with Gasteiger partial charge >= 0.3 is 0 Å². The minimum Gasteiger partial charge on any atom is -0.366 e. The van der Waals surface area contributed by atoms with Gasteiger partial charge in [0.15, 0.2) is 0 Å². The van der Waals surface area contributed by atoms with Crippen molar-refractivity contribution in [3.8, 4) is 0 Å². The number of piperazine rings is 1. The molecule has 0 radical (unpaired) electrons. The van der Waals surface area contributed by atoms with Crippen molar-refractivity contribution < 1.29 is 22.4 Å². The summed E-state index contributed by atoms with van der Waals surface area (Å²) in [7, 11) is -0.762. The molecule has 214 valence electrons. The summed E-state index contributed by atoms with van der Waals surface area (Å²) >= 11 is 6.10. The van der Waals surface area contributed by atoms with E-state index >= 15 is 0 Å². The largest absolute Gasteiger partial charge is 0.366 e. The Kier molecular flexibility index (Phi) is 8.88. The van der Waals surface area contributed by atoms with Gasteiger partial charge in [0.2, 0.25) is 15.9 Å². The number of amides is 2. The lowest BCUT2D eigenvalue weighted by molar-refractivity contribution is -0.114. The summed E-state index contributed by atoms with van der Waals surface area (Å²) in [5, 5.41) is 6.42. The van der Waals surface area contributed by atoms with Gasteiger partial charge < -0.3 is 15.5 Å². The molecule has 4 rings (SSSR count). The minimum absolute atomic E-state index is 0.00825. The summed E-state index contributed by atoms with van der Waals surface area (Å²) in [5.41, 5.74) is 1.05. The number of anilines is 2. The Bertz CT molecular complexity index is 1550. The van der Waals surface area contributed by atoms with Gasteiger partial charge in [0.1, 0.15) is 22.9 Å². The van der Waals surface area contributed by atoms with E-state index in [1.807, 2.05) is 13.0 Å². The zero-order valence-electron chi connectivity index (χ0n) is 22.6. The number of nitrogens with one attached hydrogen (secondary N) is 2. The molecule has 1 aromatic heterocycles. The van der Waals surface area contributed by atoms with Gasteiger partial charge in [-0.05, 0) is 25.1 Å². The molecule has 1 fully saturated rings. The molecule has 40 heavy (non-hydrogen) atoms. The van der Waals surface area contributed by atoms with Gasteiger partial charge in [0, 0.05) is 71.2 Å². The van der Waals surface area contributed by atoms with Crippen LogP contribution in [0.1, 0.15) is 24.2 Å². The molecule has 11 nitrogen and oxygen atoms in total. The number of para-hydroxylation sites is 1. The number of rotatable bonds is 8. The van der Waals surface area contributed by atoms with Gasteiger partial charge in [-0.15, -0.1) is 0 Å². The van der Waals surface area contributed by atoms with Crippen LogP contribution in [-0.2, 0) is 14.8 Å². The molecule has 1 aliphatic rings. The number of nitrogens with zero attached hydrogens (tertiary/aromatic N) is 5. The quantitative estimate of drug-likeness (QED) is 0.409. The van der Waals surface area contributed by atoms with E-state index in [0.29, 0.717) is 36.5 Å². The molecule has 0 unspecified atom stereocenters. The van der Waals surface area contributed by atoms with Gasteiger partial charge in [0.05, 0.1) is 21.8 Å². The Morgan fingerprint density at radius 3 is 2.50 bits per heavy atom. The summed E-state index contributed by atoms with van der Waals surface area (Å²) in [6.07, 6.45) is 1.42. The summed E-state index contributed by atoms with van der Waals surface area (Å²) in [6, 6.07) is 7.26. The third kappa shape index (κ3) is 6.33. The van der Waals surface area contributed by atoms with E-state index in [2.05, 4.69) is 25.5 Å². The van der Waals surface area contributed by atoms with E-state index in [9.17, 15) is 22.4 Å². The van der Waals surface area contributed by atoms with Crippen molar-refractivity contribution in [3.63, 3.8) is 0 Å². The number of carbonyl (C=O) groups excluding carboxylic acids is 2. The maximum Gasteiger partial charge on any atom is 0.255 e. The van der Waals surface area contributed by atoms with Crippen LogP contribution in [0.25, 0.3) is 10.9 Å². The second-order valence-corrected chi connectivity index (χ2v) is 12.1. The van der Waals surface area contributed by atoms with E-state index in [0.717, 1.165) is 17.5 Å². The van der Waals surface area contributed by atoms with Crippen molar-refractivity contribution in [1.82, 2.24) is 24.1 Å². The average Bonchev–Trinajstić information content (AvgIpc) is 2.90. The van der Waals surface area contributed by atoms with Crippen molar-refractivity contribution in [3.05, 3.63) is 53.1 Å². The molecule has 3 aromatic rings. The second kappa shape index (κ2) is 12.0. The molecule has 2 heterocycles. The van der Waals surface area contributed by atoms with Crippen LogP contribution in [0.15, 0.2) is 41.6 Å². The van der Waals surface area contributed by atoms with E-state index in [4.69, 9.17) is 11.6 Å². The first-order valence-electron chi connectivity index (χ1n) is 12.6. The van der Waals surface area contributed by atoms with Gasteiger partial charge in [-0.25, -0.2) is 22.8 Å². The number of carbonyl (C=O) groups is 2. The Morgan fingerprint density at radius 2 is 1.85 bits per heavy atom. The minimum atomic E-state index is -4.13. The first-order chi connectivity index (χ1) is 18.9. The number of hydrogen-bond donors (Lipinski definition) is 2. The van der Waals surface area contributed by atoms with Gasteiger partial charge in [-0.1, -0.05) is 17.7 Å². The highest BCUT2D eigenvalue weighted by molar-refractivity contribution is 7.89. The van der Waals surface area contributed by atoms with Crippen molar-refractivity contribution in [2.24, 2.45) is 0 Å². The molecule has 0 saturated carbocycles. The number of hydrogen-bond acceptors (Lipinski definition) is 8. The summed E-state index contributed by atoms with van der Waals surface area (Å²) in [4.78, 5) is 35.6. The molecule has 1 saturated heterocycles. The summed E-state index contributed by atoms with van der Waals surface area (Å²) in [6.45, 7) is 5.06. The highest BCUT2D eigenvalue weighted by Crippen LogP contribution is 2.30. The zero-order valence-corrected chi connectivity index (χ0v) is 24.2. The standard InChI is InChI=1S/C26H31ClFN7O4S/c1-16(31-25-18-6-5-7-19(26(37)33(3)4)24(18)29-15-30-25)14-34-8-10-35(11-9-34)40(38,39)23-12-20(27)22(13-21(23)28)32-17(2)36/h5-7,12-13,15-16H,8-11,14H2,1-4H3,(H,32,36)(H,29,30,31)/t16-/m0/s1. The zero-order chi connectivity index (χ0) is 29.2. The topological polar surface area (TPSA) is 128 Å². The Hall–Kier alpha value is -3.39. The number of sulfonamides is 1. The lowest BCUT2D eigenvalue weighted by Gasteiger charge is -2.35. The van der Waals surface area contributed by atoms with E-state index in [1.165, 1.54) is 22.5 Å². The molecule has 2 aromatic carbocycles. The Labute approximate surface area is 237 Å².